The lowest BCUT2D eigenvalue weighted by atomic mass is 10.1. The maximum atomic E-state index is 12.8. The van der Waals surface area contributed by atoms with E-state index in [9.17, 15) is 9.59 Å². The van der Waals surface area contributed by atoms with Gasteiger partial charge in [0.2, 0.25) is 11.8 Å². The quantitative estimate of drug-likeness (QED) is 0.743. The molecule has 1 aliphatic rings. The molecule has 0 atom stereocenters. The van der Waals surface area contributed by atoms with Crippen LogP contribution in [0.4, 0.5) is 0 Å². The van der Waals surface area contributed by atoms with E-state index in [2.05, 4.69) is 0 Å². The maximum absolute atomic E-state index is 12.8. The normalized spacial score (nSPS) is 15.6. The molecule has 1 fully saturated rings. The van der Waals surface area contributed by atoms with E-state index in [1.807, 2.05) is 72.1 Å². The molecule has 1 aromatic carbocycles. The number of rotatable bonds is 6. The van der Waals surface area contributed by atoms with Gasteiger partial charge in [-0.2, -0.15) is 0 Å². The molecule has 0 unspecified atom stereocenters. The number of carbonyl (C=O) groups is 2. The van der Waals surface area contributed by atoms with Gasteiger partial charge in [-0.25, -0.2) is 0 Å². The van der Waals surface area contributed by atoms with E-state index in [1.54, 1.807) is 0 Å². The van der Waals surface area contributed by atoms with Gasteiger partial charge in [-0.3, -0.25) is 9.59 Å². The van der Waals surface area contributed by atoms with Crippen molar-refractivity contribution < 1.29 is 9.59 Å². The number of amides is 2. The molecule has 5 nitrogen and oxygen atoms in total. The van der Waals surface area contributed by atoms with Gasteiger partial charge in [0.05, 0.1) is 0 Å². The smallest absolute Gasteiger partial charge is 0.249 e. The van der Waals surface area contributed by atoms with E-state index >= 15 is 0 Å². The summed E-state index contributed by atoms with van der Waals surface area (Å²) in [6.45, 7) is 5.24. The van der Waals surface area contributed by atoms with Crippen molar-refractivity contribution >= 4 is 17.9 Å². The molecule has 25 heavy (non-hydrogen) atoms. The minimum Gasteiger partial charge on any atom is -0.339 e. The third kappa shape index (κ3) is 5.71. The van der Waals surface area contributed by atoms with E-state index in [-0.39, 0.29) is 11.8 Å². The van der Waals surface area contributed by atoms with Gasteiger partial charge in [0.15, 0.2) is 0 Å². The Morgan fingerprint density at radius 3 is 2.20 bits per heavy atom. The molecule has 2 rings (SSSR count). The van der Waals surface area contributed by atoms with Crippen molar-refractivity contribution in [3.05, 3.63) is 41.5 Å². The number of nitrogens with zero attached hydrogens (tertiary/aromatic N) is 3. The topological polar surface area (TPSA) is 43.9 Å². The molecule has 0 bridgehead atoms. The second kappa shape index (κ2) is 9.37. The summed E-state index contributed by atoms with van der Waals surface area (Å²) < 4.78 is 0. The van der Waals surface area contributed by atoms with Crippen LogP contribution in [0, 0.1) is 0 Å². The Morgan fingerprint density at radius 2 is 1.64 bits per heavy atom. The summed E-state index contributed by atoms with van der Waals surface area (Å²) in [4.78, 5) is 30.7. The van der Waals surface area contributed by atoms with Gasteiger partial charge in [-0.15, -0.1) is 0 Å². The van der Waals surface area contributed by atoms with Crippen LogP contribution >= 0.6 is 0 Å². The second-order valence-corrected chi connectivity index (χ2v) is 6.66. The maximum Gasteiger partial charge on any atom is 0.249 e. The summed E-state index contributed by atoms with van der Waals surface area (Å²) in [6, 6.07) is 9.93. The average Bonchev–Trinajstić information content (AvgIpc) is 2.64. The van der Waals surface area contributed by atoms with Crippen molar-refractivity contribution in [3.63, 3.8) is 0 Å². The van der Waals surface area contributed by atoms with Crippen LogP contribution in [0.25, 0.3) is 6.08 Å². The first kappa shape index (κ1) is 19.2. The van der Waals surface area contributed by atoms with E-state index in [1.165, 1.54) is 0 Å². The highest BCUT2D eigenvalue weighted by Crippen LogP contribution is 2.15. The molecular weight excluding hydrogens is 314 g/mol. The number of hydrogen-bond acceptors (Lipinski definition) is 3. The lowest BCUT2D eigenvalue weighted by Crippen LogP contribution is -2.51. The first-order chi connectivity index (χ1) is 12.0. The van der Waals surface area contributed by atoms with Gasteiger partial charge in [-0.1, -0.05) is 37.3 Å². The number of piperazine rings is 1. The molecule has 5 heteroatoms. The molecular formula is C20H29N3O2. The molecule has 1 aromatic rings. The molecule has 1 heterocycles. The Bertz CT molecular complexity index is 603. The third-order valence-corrected chi connectivity index (χ3v) is 4.49. The van der Waals surface area contributed by atoms with Crippen LogP contribution in [0.2, 0.25) is 0 Å². The van der Waals surface area contributed by atoms with Crippen molar-refractivity contribution in [1.82, 2.24) is 14.7 Å². The second-order valence-electron chi connectivity index (χ2n) is 6.66. The van der Waals surface area contributed by atoms with Crippen LogP contribution in [0.5, 0.6) is 0 Å². The third-order valence-electron chi connectivity index (χ3n) is 4.49. The highest BCUT2D eigenvalue weighted by Gasteiger charge is 2.25. The lowest BCUT2D eigenvalue weighted by Gasteiger charge is -2.35. The van der Waals surface area contributed by atoms with E-state index in [0.717, 1.165) is 17.7 Å². The van der Waals surface area contributed by atoms with Gasteiger partial charge in [0, 0.05) is 44.7 Å². The van der Waals surface area contributed by atoms with Crippen LogP contribution in [0.3, 0.4) is 0 Å². The van der Waals surface area contributed by atoms with E-state index in [4.69, 9.17) is 0 Å². The zero-order valence-corrected chi connectivity index (χ0v) is 15.6. The summed E-state index contributed by atoms with van der Waals surface area (Å²) in [7, 11) is 3.93. The highest BCUT2D eigenvalue weighted by molar-refractivity contribution is 5.98. The van der Waals surface area contributed by atoms with Crippen LogP contribution in [0.1, 0.15) is 25.3 Å². The van der Waals surface area contributed by atoms with Crippen LogP contribution < -0.4 is 0 Å². The summed E-state index contributed by atoms with van der Waals surface area (Å²) in [6.07, 6.45) is 3.21. The molecule has 136 valence electrons. The summed E-state index contributed by atoms with van der Waals surface area (Å²) >= 11 is 0. The minimum absolute atomic E-state index is 0.0896. The molecule has 0 spiro atoms. The molecule has 0 aliphatic carbocycles. The Kier molecular flexibility index (Phi) is 7.19. The Hall–Kier alpha value is -2.14. The number of carbonyl (C=O) groups excluding carboxylic acids is 2. The van der Waals surface area contributed by atoms with Gasteiger partial charge in [0.1, 0.15) is 0 Å². The van der Waals surface area contributed by atoms with Crippen LogP contribution in [-0.4, -0.2) is 73.3 Å². The molecule has 1 saturated heterocycles. The fraction of sp³-hybridized carbons (Fsp3) is 0.500. The number of benzene rings is 1. The SMILES string of the molecule is CC/C(=C\c1ccccc1)C(=O)N1CCN(C(=O)CCN(C)C)CC1. The van der Waals surface area contributed by atoms with E-state index < -0.39 is 0 Å². The van der Waals surface area contributed by atoms with E-state index in [0.29, 0.717) is 39.0 Å². The molecule has 0 N–H and O–H groups in total. The molecule has 2 amide bonds. The van der Waals surface area contributed by atoms with Crippen molar-refractivity contribution in [2.24, 2.45) is 0 Å². The monoisotopic (exact) mass is 343 g/mol. The minimum atomic E-state index is 0.0896. The summed E-state index contributed by atoms with van der Waals surface area (Å²) in [5.41, 5.74) is 1.86. The van der Waals surface area contributed by atoms with Crippen molar-refractivity contribution in [2.75, 3.05) is 46.8 Å². The lowest BCUT2D eigenvalue weighted by molar-refractivity contribution is -0.137. The first-order valence-electron chi connectivity index (χ1n) is 8.98. The zero-order valence-electron chi connectivity index (χ0n) is 15.6. The van der Waals surface area contributed by atoms with Crippen LogP contribution in [0.15, 0.2) is 35.9 Å². The molecule has 1 aliphatic heterocycles. The Morgan fingerprint density at radius 1 is 1.04 bits per heavy atom. The average molecular weight is 343 g/mol. The van der Waals surface area contributed by atoms with Gasteiger partial charge >= 0.3 is 0 Å². The Labute approximate surface area is 150 Å². The summed E-state index contributed by atoms with van der Waals surface area (Å²) in [5, 5.41) is 0. The van der Waals surface area contributed by atoms with Crippen molar-refractivity contribution in [2.45, 2.75) is 19.8 Å². The standard InChI is InChI=1S/C20H29N3O2/c1-4-18(16-17-8-6-5-7-9-17)20(25)23-14-12-22(13-15-23)19(24)10-11-21(2)3/h5-9,16H,4,10-15H2,1-3H3/b18-16+. The van der Waals surface area contributed by atoms with Gasteiger partial charge < -0.3 is 14.7 Å². The zero-order chi connectivity index (χ0) is 18.2. The van der Waals surface area contributed by atoms with Crippen molar-refractivity contribution in [3.8, 4) is 0 Å². The predicted molar refractivity (Wildman–Crippen MR) is 101 cm³/mol. The van der Waals surface area contributed by atoms with Crippen LogP contribution in [-0.2, 0) is 9.59 Å². The van der Waals surface area contributed by atoms with Gasteiger partial charge in [0.25, 0.3) is 0 Å². The van der Waals surface area contributed by atoms with Crippen molar-refractivity contribution in [1.29, 1.82) is 0 Å². The molecule has 0 radical (unpaired) electrons. The predicted octanol–water partition coefficient (Wildman–Crippen LogP) is 2.10. The first-order valence-corrected chi connectivity index (χ1v) is 8.98. The van der Waals surface area contributed by atoms with Gasteiger partial charge in [-0.05, 0) is 32.2 Å². The molecule has 0 saturated carbocycles. The number of hydrogen-bond donors (Lipinski definition) is 0. The molecule has 0 aromatic heterocycles. The fourth-order valence-electron chi connectivity index (χ4n) is 2.90. The Balaban J connectivity index is 1.91. The fourth-order valence-corrected chi connectivity index (χ4v) is 2.90. The highest BCUT2D eigenvalue weighted by atomic mass is 16.2. The largest absolute Gasteiger partial charge is 0.339 e. The summed E-state index contributed by atoms with van der Waals surface area (Å²) in [5.74, 6) is 0.267.